The fourth-order valence-electron chi connectivity index (χ4n) is 3.73. The summed E-state index contributed by atoms with van der Waals surface area (Å²) in [5.74, 6) is -3.84. The molecule has 2 rings (SSSR count). The van der Waals surface area contributed by atoms with Gasteiger partial charge in [-0.3, -0.25) is 19.2 Å². The average molecular weight is 629 g/mol. The number of anilines is 1. The van der Waals surface area contributed by atoms with E-state index in [9.17, 15) is 24.0 Å². The van der Waals surface area contributed by atoms with Crippen LogP contribution in [0.3, 0.4) is 0 Å². The van der Waals surface area contributed by atoms with Gasteiger partial charge in [0, 0.05) is 44.0 Å². The Bertz CT molecular complexity index is 1160. The monoisotopic (exact) mass is 628 g/mol. The van der Waals surface area contributed by atoms with Crippen molar-refractivity contribution in [3.63, 3.8) is 0 Å². The molecule has 0 aromatic heterocycles. The molecule has 1 aromatic carbocycles. The van der Waals surface area contributed by atoms with E-state index in [0.717, 1.165) is 33.4 Å². The molecule has 0 bridgehead atoms. The number of hydrogen-bond donors (Lipinski definition) is 1. The minimum Gasteiger partial charge on any atom is -0.467 e. The molecule has 40 heavy (non-hydrogen) atoms. The number of azide groups is 1. The highest BCUT2D eigenvalue weighted by Gasteiger charge is 2.56. The Labute approximate surface area is 237 Å². The van der Waals surface area contributed by atoms with Crippen LogP contribution in [0.5, 0.6) is 5.75 Å². The molecule has 0 spiro atoms. The first kappa shape index (κ1) is 32.3. The lowest BCUT2D eigenvalue weighted by Gasteiger charge is -2.43. The zero-order valence-electron chi connectivity index (χ0n) is 22.2. The summed E-state index contributed by atoms with van der Waals surface area (Å²) in [6, 6.07) is 4.79. The van der Waals surface area contributed by atoms with Gasteiger partial charge in [-0.1, -0.05) is 27.1 Å². The van der Waals surface area contributed by atoms with E-state index in [1.807, 2.05) is 0 Å². The molecule has 0 aliphatic carbocycles. The Balaban J connectivity index is 2.50. The molecule has 1 aliphatic heterocycles. The van der Waals surface area contributed by atoms with Crippen molar-refractivity contribution in [1.29, 1.82) is 0 Å². The molecule has 1 aliphatic rings. The van der Waals surface area contributed by atoms with Crippen LogP contribution in [0.4, 0.5) is 5.69 Å². The predicted octanol–water partition coefficient (Wildman–Crippen LogP) is 2.68. The van der Waals surface area contributed by atoms with Crippen molar-refractivity contribution in [2.75, 3.05) is 19.0 Å². The number of carbonyl (C=O) groups excluding carboxylic acids is 5. The summed E-state index contributed by atoms with van der Waals surface area (Å²) in [5, 5.41) is 6.53. The molecule has 218 valence electrons. The fraction of sp³-hybridized carbons (Fsp3) is 0.542. The highest BCUT2D eigenvalue weighted by molar-refractivity contribution is 9.08. The number of halogens is 1. The molecular formula is C24H29BrN4O11. The number of alkyl halides is 1. The van der Waals surface area contributed by atoms with Gasteiger partial charge in [-0.05, 0) is 29.6 Å². The lowest BCUT2D eigenvalue weighted by atomic mass is 9.97. The number of esters is 4. The normalized spacial score (nSPS) is 21.7. The van der Waals surface area contributed by atoms with Crippen molar-refractivity contribution in [1.82, 2.24) is 0 Å². The first-order valence-electron chi connectivity index (χ1n) is 11.9. The maximum absolute atomic E-state index is 12.6. The fourth-order valence-corrected chi connectivity index (χ4v) is 4.08. The van der Waals surface area contributed by atoms with Crippen LogP contribution in [0.25, 0.3) is 10.4 Å². The number of ether oxygens (including phenoxy) is 6. The largest absolute Gasteiger partial charge is 0.467 e. The van der Waals surface area contributed by atoms with Gasteiger partial charge in [-0.25, -0.2) is 4.79 Å². The number of methoxy groups -OCH3 is 1. The number of carbonyl (C=O) groups is 5. The molecule has 1 N–H and O–H groups in total. The van der Waals surface area contributed by atoms with Crippen LogP contribution in [0.2, 0.25) is 0 Å². The molecule has 15 nitrogen and oxygen atoms in total. The van der Waals surface area contributed by atoms with Gasteiger partial charge in [0.1, 0.15) is 5.75 Å². The molecule has 5 atom stereocenters. The van der Waals surface area contributed by atoms with Gasteiger partial charge in [-0.2, -0.15) is 0 Å². The van der Waals surface area contributed by atoms with Crippen LogP contribution in [-0.2, 0) is 53.0 Å². The van der Waals surface area contributed by atoms with E-state index in [1.165, 1.54) is 6.07 Å². The smallest absolute Gasteiger partial charge is 0.339 e. The number of amides is 1. The van der Waals surface area contributed by atoms with E-state index in [0.29, 0.717) is 11.8 Å². The van der Waals surface area contributed by atoms with Crippen molar-refractivity contribution < 1.29 is 52.4 Å². The first-order valence-corrected chi connectivity index (χ1v) is 13.0. The van der Waals surface area contributed by atoms with E-state index in [-0.39, 0.29) is 24.4 Å². The number of nitrogens with one attached hydrogen (secondary N) is 1. The third kappa shape index (κ3) is 9.39. The SMILES string of the molecule is COC(=O)[C@H]1O[C@@H](Oc2ccc(CBr)cc2NC(=O)CCCN=[N+]=[N-])[C@H](OC(C)=O)[C@@H](OC(C)=O)[C@@H]1OC(C)=O. The van der Waals surface area contributed by atoms with Crippen molar-refractivity contribution >= 4 is 51.4 Å². The van der Waals surface area contributed by atoms with Gasteiger partial charge in [-0.15, -0.1) is 0 Å². The van der Waals surface area contributed by atoms with Gasteiger partial charge < -0.3 is 33.7 Å². The molecule has 0 unspecified atom stereocenters. The second kappa shape index (κ2) is 15.6. The van der Waals surface area contributed by atoms with Crippen molar-refractivity contribution in [3.05, 3.63) is 34.2 Å². The Kier molecular flexibility index (Phi) is 12.6. The van der Waals surface area contributed by atoms with Gasteiger partial charge in [0.05, 0.1) is 12.8 Å². The minimum atomic E-state index is -1.64. The van der Waals surface area contributed by atoms with Crippen LogP contribution in [0, 0.1) is 0 Å². The Morgan fingerprint density at radius 2 is 1.65 bits per heavy atom. The summed E-state index contributed by atoms with van der Waals surface area (Å²) in [5.41, 5.74) is 9.37. The summed E-state index contributed by atoms with van der Waals surface area (Å²) in [6.45, 7) is 3.35. The summed E-state index contributed by atoms with van der Waals surface area (Å²) < 4.78 is 32.5. The number of rotatable bonds is 12. The maximum atomic E-state index is 12.6. The number of benzene rings is 1. The Morgan fingerprint density at radius 3 is 2.23 bits per heavy atom. The van der Waals surface area contributed by atoms with E-state index < -0.39 is 60.5 Å². The minimum absolute atomic E-state index is 0.0377. The molecule has 16 heteroatoms. The number of nitrogens with zero attached hydrogens (tertiary/aromatic N) is 3. The summed E-state index contributed by atoms with van der Waals surface area (Å²) in [6.07, 6.45) is -7.51. The molecule has 1 heterocycles. The third-order valence-corrected chi connectivity index (χ3v) is 5.92. The molecule has 1 fully saturated rings. The Hall–Kier alpha value is -3.88. The highest BCUT2D eigenvalue weighted by atomic mass is 79.9. The second-order valence-electron chi connectivity index (χ2n) is 8.36. The average Bonchev–Trinajstić information content (AvgIpc) is 2.89. The lowest BCUT2D eigenvalue weighted by Crippen LogP contribution is -2.64. The van der Waals surface area contributed by atoms with E-state index in [4.69, 9.17) is 34.0 Å². The van der Waals surface area contributed by atoms with Crippen LogP contribution < -0.4 is 10.1 Å². The molecule has 1 amide bonds. The highest BCUT2D eigenvalue weighted by Crippen LogP contribution is 2.34. The van der Waals surface area contributed by atoms with Gasteiger partial charge in [0.15, 0.2) is 18.3 Å². The second-order valence-corrected chi connectivity index (χ2v) is 8.92. The zero-order valence-corrected chi connectivity index (χ0v) is 23.7. The van der Waals surface area contributed by atoms with E-state index in [2.05, 4.69) is 31.3 Å². The molecule has 0 saturated carbocycles. The van der Waals surface area contributed by atoms with Crippen molar-refractivity contribution in [3.8, 4) is 5.75 Å². The zero-order chi connectivity index (χ0) is 29.8. The molecular weight excluding hydrogens is 600 g/mol. The number of hydrogen-bond acceptors (Lipinski definition) is 12. The van der Waals surface area contributed by atoms with Crippen molar-refractivity contribution in [2.45, 2.75) is 69.6 Å². The van der Waals surface area contributed by atoms with Gasteiger partial charge >= 0.3 is 23.9 Å². The van der Waals surface area contributed by atoms with Crippen LogP contribution in [0.1, 0.15) is 39.2 Å². The summed E-state index contributed by atoms with van der Waals surface area (Å²) >= 11 is 3.34. The molecule has 0 radical (unpaired) electrons. The third-order valence-electron chi connectivity index (χ3n) is 5.28. The maximum Gasteiger partial charge on any atom is 0.339 e. The molecule has 1 saturated heterocycles. The Morgan fingerprint density at radius 1 is 1.02 bits per heavy atom. The van der Waals surface area contributed by atoms with Gasteiger partial charge in [0.2, 0.25) is 18.3 Å². The van der Waals surface area contributed by atoms with Crippen LogP contribution >= 0.6 is 15.9 Å². The van der Waals surface area contributed by atoms with Crippen molar-refractivity contribution in [2.24, 2.45) is 5.11 Å². The quantitative estimate of drug-likeness (QED) is 0.0678. The van der Waals surface area contributed by atoms with Gasteiger partial charge in [0.25, 0.3) is 0 Å². The first-order chi connectivity index (χ1) is 19.0. The topological polar surface area (TPSA) is 202 Å². The summed E-state index contributed by atoms with van der Waals surface area (Å²) in [7, 11) is 1.07. The van der Waals surface area contributed by atoms with E-state index in [1.54, 1.807) is 12.1 Å². The van der Waals surface area contributed by atoms with Crippen LogP contribution in [-0.4, -0.2) is 74.1 Å². The standard InChI is InChI=1S/C24H29BrN4O11/c1-12(30)36-19-20(37-13(2)31)22(38-14(3)32)24(40-21(19)23(34)35-4)39-17-8-7-15(11-25)10-16(17)28-18(33)6-5-9-27-29-26/h7-8,10,19-22,24H,5-6,9,11H2,1-4H3,(H,28,33)/t19-,20-,21-,22+,24+/m0/s1. The molecule has 1 aromatic rings. The van der Waals surface area contributed by atoms with Crippen LogP contribution in [0.15, 0.2) is 23.3 Å². The lowest BCUT2D eigenvalue weighted by molar-refractivity contribution is -0.282. The predicted molar refractivity (Wildman–Crippen MR) is 139 cm³/mol. The van der Waals surface area contributed by atoms with E-state index >= 15 is 0 Å². The summed E-state index contributed by atoms with van der Waals surface area (Å²) in [4.78, 5) is 63.7.